The van der Waals surface area contributed by atoms with E-state index in [9.17, 15) is 37.1 Å². The van der Waals surface area contributed by atoms with Crippen LogP contribution in [0.1, 0.15) is 58.5 Å². The second-order valence-corrected chi connectivity index (χ2v) is 14.3. The van der Waals surface area contributed by atoms with Crippen molar-refractivity contribution in [2.75, 3.05) is 67.9 Å². The Kier molecular flexibility index (Phi) is 12.9. The lowest BCUT2D eigenvalue weighted by molar-refractivity contribution is -0.138. The fourth-order valence-electron chi connectivity index (χ4n) is 6.83. The number of halogens is 3. The van der Waals surface area contributed by atoms with E-state index >= 15 is 0 Å². The maximum Gasteiger partial charge on any atom is 0.417 e. The van der Waals surface area contributed by atoms with E-state index in [1.54, 1.807) is 55.1 Å². The van der Waals surface area contributed by atoms with Gasteiger partial charge in [0.05, 0.1) is 73.7 Å². The first-order valence-corrected chi connectivity index (χ1v) is 18.9. The van der Waals surface area contributed by atoms with E-state index in [1.807, 2.05) is 0 Å². The first kappa shape index (κ1) is 42.7. The number of hydrogen-bond donors (Lipinski definition) is 2. The quantitative estimate of drug-likeness (QED) is 0.111. The molecule has 0 aromatic heterocycles. The van der Waals surface area contributed by atoms with Crippen molar-refractivity contribution in [1.29, 1.82) is 5.26 Å². The Bertz CT molecular complexity index is 2190. The van der Waals surface area contributed by atoms with Crippen LogP contribution in [0.25, 0.3) is 0 Å². The van der Waals surface area contributed by atoms with Gasteiger partial charge < -0.3 is 29.2 Å². The molecule has 0 saturated carbocycles. The van der Waals surface area contributed by atoms with Crippen LogP contribution in [0.3, 0.4) is 0 Å². The molecule has 59 heavy (non-hydrogen) atoms. The third-order valence-electron chi connectivity index (χ3n) is 9.72. The molecule has 0 aliphatic carbocycles. The van der Waals surface area contributed by atoms with E-state index in [0.717, 1.165) is 21.9 Å². The average molecular weight is 837 g/mol. The number of amides is 5. The summed E-state index contributed by atoms with van der Waals surface area (Å²) in [4.78, 5) is 67.0. The van der Waals surface area contributed by atoms with Crippen LogP contribution in [0.5, 0.6) is 5.75 Å². The number of piperidine rings is 1. The molecule has 3 aromatic carbocycles. The van der Waals surface area contributed by atoms with E-state index in [-0.39, 0.29) is 54.6 Å². The van der Waals surface area contributed by atoms with Crippen LogP contribution in [0.15, 0.2) is 60.7 Å². The fraction of sp³-hybridized carbons (Fsp3) is 0.375. The Labute approximate surface area is 341 Å². The SMILES string of the molecule is CC1(C)C(=O)N(c2ccc(C#N)c(C(F)(F)F)c2)C(=S)N1c1ccc(OCCOCCOCCOCCNc2cccc3c2C(=O)N([C@H]2CCC(=O)NC2=O)C3=O)cc1. The first-order chi connectivity index (χ1) is 28.1. The highest BCUT2D eigenvalue weighted by Gasteiger charge is 2.51. The lowest BCUT2D eigenvalue weighted by Crippen LogP contribution is -2.54. The number of nitrogens with zero attached hydrogens (tertiary/aromatic N) is 4. The van der Waals surface area contributed by atoms with Gasteiger partial charge in [-0.05, 0) is 87.1 Å². The van der Waals surface area contributed by atoms with Crippen molar-refractivity contribution in [3.8, 4) is 11.8 Å². The van der Waals surface area contributed by atoms with Crippen molar-refractivity contribution in [2.24, 2.45) is 0 Å². The van der Waals surface area contributed by atoms with Crippen molar-refractivity contribution in [3.05, 3.63) is 82.9 Å². The van der Waals surface area contributed by atoms with E-state index in [1.165, 1.54) is 18.2 Å². The van der Waals surface area contributed by atoms with Gasteiger partial charge in [0.15, 0.2) is 5.11 Å². The highest BCUT2D eigenvalue weighted by atomic mass is 32.1. The molecule has 3 aliphatic heterocycles. The molecule has 5 amide bonds. The summed E-state index contributed by atoms with van der Waals surface area (Å²) in [6, 6.07) is 15.1. The number of nitrogens with one attached hydrogen (secondary N) is 2. The van der Waals surface area contributed by atoms with E-state index in [2.05, 4.69) is 10.6 Å². The molecule has 1 atom stereocenters. The molecule has 0 spiro atoms. The van der Waals surface area contributed by atoms with Gasteiger partial charge in [0.1, 0.15) is 23.9 Å². The number of rotatable bonds is 17. The van der Waals surface area contributed by atoms with Gasteiger partial charge in [0.2, 0.25) is 11.8 Å². The zero-order valence-corrected chi connectivity index (χ0v) is 32.7. The zero-order valence-electron chi connectivity index (χ0n) is 31.9. The largest absolute Gasteiger partial charge is 0.491 e. The van der Waals surface area contributed by atoms with Crippen LogP contribution in [-0.4, -0.2) is 104 Å². The molecule has 310 valence electrons. The number of alkyl halides is 3. The highest BCUT2D eigenvalue weighted by Crippen LogP contribution is 2.40. The maximum atomic E-state index is 13.6. The van der Waals surface area contributed by atoms with E-state index in [0.29, 0.717) is 50.1 Å². The number of hydrogen-bond acceptors (Lipinski definition) is 12. The number of carbonyl (C=O) groups is 5. The number of anilines is 3. The minimum atomic E-state index is -4.80. The van der Waals surface area contributed by atoms with Gasteiger partial charge in [0.25, 0.3) is 17.7 Å². The molecule has 3 aromatic rings. The molecular weight excluding hydrogens is 798 g/mol. The molecule has 2 N–H and O–H groups in total. The van der Waals surface area contributed by atoms with Crippen LogP contribution in [0.2, 0.25) is 0 Å². The number of nitriles is 1. The lowest BCUT2D eigenvalue weighted by atomic mass is 10.0. The van der Waals surface area contributed by atoms with Gasteiger partial charge >= 0.3 is 6.18 Å². The molecule has 0 radical (unpaired) electrons. The molecule has 15 nitrogen and oxygen atoms in total. The third-order valence-corrected chi connectivity index (χ3v) is 10.1. The topological polar surface area (TPSA) is 180 Å². The number of carbonyl (C=O) groups excluding carboxylic acids is 5. The van der Waals surface area contributed by atoms with Crippen molar-refractivity contribution in [3.63, 3.8) is 0 Å². The number of fused-ring (bicyclic) bond motifs is 1. The minimum Gasteiger partial charge on any atom is -0.491 e. The van der Waals surface area contributed by atoms with Crippen LogP contribution < -0.4 is 25.2 Å². The Balaban J connectivity index is 0.859. The third kappa shape index (κ3) is 9.05. The minimum absolute atomic E-state index is 0.0160. The van der Waals surface area contributed by atoms with E-state index in [4.69, 9.17) is 36.4 Å². The second-order valence-electron chi connectivity index (χ2n) is 13.9. The number of ether oxygens (including phenoxy) is 4. The van der Waals surface area contributed by atoms with Gasteiger partial charge in [-0.2, -0.15) is 18.4 Å². The number of imide groups is 2. The number of benzene rings is 3. The highest BCUT2D eigenvalue weighted by molar-refractivity contribution is 7.81. The van der Waals surface area contributed by atoms with Gasteiger partial charge in [-0.1, -0.05) is 6.07 Å². The molecule has 0 unspecified atom stereocenters. The Morgan fingerprint density at radius 3 is 2.17 bits per heavy atom. The van der Waals surface area contributed by atoms with Crippen LogP contribution in [0, 0.1) is 11.3 Å². The van der Waals surface area contributed by atoms with Crippen LogP contribution in [-0.2, 0) is 34.8 Å². The van der Waals surface area contributed by atoms with Gasteiger partial charge in [-0.25, -0.2) is 0 Å². The van der Waals surface area contributed by atoms with Gasteiger partial charge in [-0.3, -0.25) is 39.1 Å². The molecule has 3 heterocycles. The van der Waals surface area contributed by atoms with Crippen LogP contribution >= 0.6 is 12.2 Å². The molecular formula is C40H39F3N6O9S. The normalized spacial score (nSPS) is 17.7. The summed E-state index contributed by atoms with van der Waals surface area (Å²) >= 11 is 5.59. The van der Waals surface area contributed by atoms with Crippen molar-refractivity contribution >= 4 is 63.9 Å². The summed E-state index contributed by atoms with van der Waals surface area (Å²) in [6.45, 7) is 5.57. The summed E-state index contributed by atoms with van der Waals surface area (Å²) in [5.41, 5.74) is -1.73. The Hall–Kier alpha value is -5.94. The molecule has 2 saturated heterocycles. The summed E-state index contributed by atoms with van der Waals surface area (Å²) in [5, 5.41) is 14.4. The Morgan fingerprint density at radius 1 is 0.881 bits per heavy atom. The standard InChI is InChI=1S/C40H39F3N6O9S/c1-39(2)37(54)47(26-7-6-24(23-44)29(22-26)40(41,42)43)38(59)49(39)25-8-10-27(11-9-25)58-21-20-57-19-18-56-17-16-55-15-14-45-30-5-3-4-28-33(30)36(53)48(35(28)52)31-12-13-32(50)46-34(31)51/h3-11,22,31,45H,12-21H2,1-2H3,(H,46,50,51)/t31-/m0/s1. The number of thiocarbonyl (C=S) groups is 1. The Morgan fingerprint density at radius 2 is 1.53 bits per heavy atom. The summed E-state index contributed by atoms with van der Waals surface area (Å²) in [7, 11) is 0. The predicted molar refractivity (Wildman–Crippen MR) is 209 cm³/mol. The van der Waals surface area contributed by atoms with Crippen molar-refractivity contribution in [2.45, 2.75) is 44.4 Å². The van der Waals surface area contributed by atoms with E-state index < -0.39 is 58.4 Å². The summed E-state index contributed by atoms with van der Waals surface area (Å²) in [6.07, 6.45) is -4.69. The molecule has 3 aliphatic rings. The van der Waals surface area contributed by atoms with Crippen molar-refractivity contribution < 1.29 is 56.1 Å². The monoisotopic (exact) mass is 836 g/mol. The van der Waals surface area contributed by atoms with Gasteiger partial charge in [-0.15, -0.1) is 0 Å². The predicted octanol–water partition coefficient (Wildman–Crippen LogP) is 4.44. The summed E-state index contributed by atoms with van der Waals surface area (Å²) in [5.74, 6) is -2.31. The smallest absolute Gasteiger partial charge is 0.417 e. The summed E-state index contributed by atoms with van der Waals surface area (Å²) < 4.78 is 63.4. The zero-order chi connectivity index (χ0) is 42.5. The average Bonchev–Trinajstić information content (AvgIpc) is 3.55. The molecule has 19 heteroatoms. The lowest BCUT2D eigenvalue weighted by Gasteiger charge is -2.29. The van der Waals surface area contributed by atoms with Crippen molar-refractivity contribution in [1.82, 2.24) is 10.2 Å². The molecule has 6 rings (SSSR count). The molecule has 0 bridgehead atoms. The first-order valence-electron chi connectivity index (χ1n) is 18.5. The maximum absolute atomic E-state index is 13.6. The fourth-order valence-corrected chi connectivity index (χ4v) is 7.35. The second kappa shape index (κ2) is 17.9. The van der Waals surface area contributed by atoms with Gasteiger partial charge in [0, 0.05) is 24.3 Å². The van der Waals surface area contributed by atoms with Crippen LogP contribution in [0.4, 0.5) is 30.2 Å². The molecule has 2 fully saturated rings.